The number of nitrogens with two attached hydrogens (primary N) is 1. The van der Waals surface area contributed by atoms with Crippen molar-refractivity contribution in [2.24, 2.45) is 5.73 Å². The van der Waals surface area contributed by atoms with Crippen LogP contribution in [0.3, 0.4) is 0 Å². The Bertz CT molecular complexity index is 915. The molecule has 0 aliphatic carbocycles. The second kappa shape index (κ2) is 6.63. The summed E-state index contributed by atoms with van der Waals surface area (Å²) in [6.45, 7) is 0.612. The highest BCUT2D eigenvalue weighted by atomic mass is 32.1. The maximum atomic E-state index is 12.5. The minimum absolute atomic E-state index is 0.162. The number of urea groups is 1. The second-order valence-corrected chi connectivity index (χ2v) is 7.48. The van der Waals surface area contributed by atoms with Gasteiger partial charge in [0.2, 0.25) is 5.91 Å². The van der Waals surface area contributed by atoms with Crippen LogP contribution in [-0.4, -0.2) is 51.1 Å². The average molecular weight is 387 g/mol. The molecule has 2 bridgehead atoms. The number of aromatic nitrogens is 1. The largest absolute Gasteiger partial charge is 0.368 e. The number of thiophene rings is 1. The zero-order valence-corrected chi connectivity index (χ0v) is 15.0. The third-order valence-corrected chi connectivity index (χ3v) is 5.96. The number of nitrogens with one attached hydrogen (secondary N) is 1. The summed E-state index contributed by atoms with van der Waals surface area (Å²) in [4.78, 5) is 42.6. The summed E-state index contributed by atoms with van der Waals surface area (Å²) in [6, 6.07) is 3.16. The highest BCUT2D eigenvalue weighted by molar-refractivity contribution is 7.14. The van der Waals surface area contributed by atoms with Crippen LogP contribution in [0.15, 0.2) is 30.6 Å². The van der Waals surface area contributed by atoms with Crippen molar-refractivity contribution < 1.29 is 19.6 Å². The van der Waals surface area contributed by atoms with Gasteiger partial charge in [-0.25, -0.2) is 4.79 Å². The molecular weight excluding hydrogens is 370 g/mol. The van der Waals surface area contributed by atoms with Crippen LogP contribution in [0, 0.1) is 0 Å². The Morgan fingerprint density at radius 3 is 2.81 bits per heavy atom. The summed E-state index contributed by atoms with van der Waals surface area (Å²) in [5.74, 6) is -0.960. The van der Waals surface area contributed by atoms with Gasteiger partial charge in [0, 0.05) is 23.8 Å². The van der Waals surface area contributed by atoms with E-state index in [9.17, 15) is 19.6 Å². The number of amides is 4. The highest BCUT2D eigenvalue weighted by Gasteiger charge is 2.50. The number of carbonyl (C=O) groups excluding carboxylic acids is 3. The number of pyridine rings is 1. The van der Waals surface area contributed by atoms with Gasteiger partial charge in [0.05, 0.1) is 11.4 Å². The van der Waals surface area contributed by atoms with Gasteiger partial charge in [-0.2, -0.15) is 5.06 Å². The molecule has 4 heterocycles. The second-order valence-electron chi connectivity index (χ2n) is 6.39. The van der Waals surface area contributed by atoms with Gasteiger partial charge < -0.3 is 16.0 Å². The SMILES string of the molecule is NC(=O)C1c2sc(C(=O)NCCc3ccncc3)cc2[C@H]2CN1C(=O)N2O. The van der Waals surface area contributed by atoms with Gasteiger partial charge in [-0.1, -0.05) is 0 Å². The maximum absolute atomic E-state index is 12.5. The first-order valence-corrected chi connectivity index (χ1v) is 9.17. The van der Waals surface area contributed by atoms with Crippen molar-refractivity contribution in [2.75, 3.05) is 13.1 Å². The standard InChI is InChI=1S/C17H17N5O4S/c18-15(23)13-14-10(11-8-21(13)17(25)22(11)26)7-12(27-14)16(24)20-6-3-9-1-4-19-5-2-9/h1-2,4-5,7,11,13,26H,3,6,8H2,(H2,18,23)(H,20,24)/t11-,13?/m1/s1. The summed E-state index contributed by atoms with van der Waals surface area (Å²) in [7, 11) is 0. The minimum atomic E-state index is -0.968. The Morgan fingerprint density at radius 1 is 1.37 bits per heavy atom. The van der Waals surface area contributed by atoms with E-state index in [1.165, 1.54) is 4.90 Å². The van der Waals surface area contributed by atoms with E-state index in [2.05, 4.69) is 10.3 Å². The molecule has 4 amide bonds. The van der Waals surface area contributed by atoms with Gasteiger partial charge >= 0.3 is 6.03 Å². The molecule has 1 fully saturated rings. The van der Waals surface area contributed by atoms with Crippen molar-refractivity contribution in [3.05, 3.63) is 51.5 Å². The fourth-order valence-electron chi connectivity index (χ4n) is 3.44. The number of rotatable bonds is 5. The van der Waals surface area contributed by atoms with Crippen LogP contribution in [-0.2, 0) is 11.2 Å². The van der Waals surface area contributed by atoms with E-state index in [0.717, 1.165) is 16.9 Å². The molecule has 0 saturated carbocycles. The van der Waals surface area contributed by atoms with Gasteiger partial charge in [0.15, 0.2) is 0 Å². The molecule has 0 aromatic carbocycles. The van der Waals surface area contributed by atoms with E-state index in [0.29, 0.717) is 33.3 Å². The summed E-state index contributed by atoms with van der Waals surface area (Å²) >= 11 is 1.12. The third kappa shape index (κ3) is 2.92. The molecule has 0 radical (unpaired) electrons. The first kappa shape index (κ1) is 17.4. The van der Waals surface area contributed by atoms with Crippen LogP contribution < -0.4 is 11.1 Å². The Balaban J connectivity index is 1.52. The molecule has 140 valence electrons. The number of fused-ring (bicyclic) bond motifs is 4. The molecule has 2 atom stereocenters. The molecule has 4 N–H and O–H groups in total. The molecule has 27 heavy (non-hydrogen) atoms. The molecule has 4 rings (SSSR count). The van der Waals surface area contributed by atoms with Gasteiger partial charge in [-0.05, 0) is 35.7 Å². The molecule has 2 aliphatic heterocycles. The zero-order valence-electron chi connectivity index (χ0n) is 14.2. The average Bonchev–Trinajstić information content (AvgIpc) is 3.20. The van der Waals surface area contributed by atoms with Crippen molar-refractivity contribution in [1.82, 2.24) is 20.3 Å². The Labute approximate surface area is 158 Å². The highest BCUT2D eigenvalue weighted by Crippen LogP contribution is 2.46. The van der Waals surface area contributed by atoms with Crippen LogP contribution in [0.5, 0.6) is 0 Å². The number of hydrogen-bond acceptors (Lipinski definition) is 6. The van der Waals surface area contributed by atoms with Crippen LogP contribution in [0.4, 0.5) is 4.79 Å². The molecule has 1 unspecified atom stereocenters. The fourth-order valence-corrected chi connectivity index (χ4v) is 4.69. The van der Waals surface area contributed by atoms with Gasteiger partial charge in [0.25, 0.3) is 5.91 Å². The monoisotopic (exact) mass is 387 g/mol. The number of nitrogens with zero attached hydrogens (tertiary/aromatic N) is 3. The summed E-state index contributed by atoms with van der Waals surface area (Å²) in [5.41, 5.74) is 7.12. The van der Waals surface area contributed by atoms with Crippen LogP contribution >= 0.6 is 11.3 Å². The maximum Gasteiger partial charge on any atom is 0.345 e. The first-order chi connectivity index (χ1) is 13.0. The molecule has 9 nitrogen and oxygen atoms in total. The van der Waals surface area contributed by atoms with Crippen molar-refractivity contribution >= 4 is 29.2 Å². The predicted molar refractivity (Wildman–Crippen MR) is 95.0 cm³/mol. The Kier molecular flexibility index (Phi) is 4.28. The fraction of sp³-hybridized carbons (Fsp3) is 0.294. The smallest absolute Gasteiger partial charge is 0.345 e. The summed E-state index contributed by atoms with van der Waals surface area (Å²) < 4.78 is 0. The van der Waals surface area contributed by atoms with E-state index in [1.54, 1.807) is 18.5 Å². The minimum Gasteiger partial charge on any atom is -0.368 e. The number of hydrogen-bond donors (Lipinski definition) is 3. The third-order valence-electron chi connectivity index (χ3n) is 4.76. The molecule has 2 aliphatic rings. The quantitative estimate of drug-likeness (QED) is 0.654. The van der Waals surface area contributed by atoms with Gasteiger partial charge in [0.1, 0.15) is 12.1 Å². The van der Waals surface area contributed by atoms with Crippen molar-refractivity contribution in [2.45, 2.75) is 18.5 Å². The van der Waals surface area contributed by atoms with Crippen molar-refractivity contribution in [3.8, 4) is 0 Å². The number of carbonyl (C=O) groups is 3. The van der Waals surface area contributed by atoms with Crippen LogP contribution in [0.25, 0.3) is 0 Å². The van der Waals surface area contributed by atoms with Crippen LogP contribution in [0.1, 0.15) is 37.8 Å². The lowest BCUT2D eigenvalue weighted by Gasteiger charge is -2.27. The lowest BCUT2D eigenvalue weighted by Crippen LogP contribution is -2.40. The topological polar surface area (TPSA) is 129 Å². The zero-order chi connectivity index (χ0) is 19.1. The first-order valence-electron chi connectivity index (χ1n) is 8.36. The molecule has 2 aromatic heterocycles. The van der Waals surface area contributed by atoms with Gasteiger partial charge in [-0.15, -0.1) is 11.3 Å². The molecule has 1 saturated heterocycles. The molecule has 0 spiro atoms. The predicted octanol–water partition coefficient (Wildman–Crippen LogP) is 0.823. The summed E-state index contributed by atoms with van der Waals surface area (Å²) in [5, 5.41) is 13.5. The van der Waals surface area contributed by atoms with Crippen molar-refractivity contribution in [3.63, 3.8) is 0 Å². The molecule has 10 heteroatoms. The number of primary amides is 1. The molecule has 2 aromatic rings. The summed E-state index contributed by atoms with van der Waals surface area (Å²) in [6.07, 6.45) is 4.06. The number of hydroxylamine groups is 2. The molecular formula is C17H17N5O4S. The van der Waals surface area contributed by atoms with E-state index >= 15 is 0 Å². The van der Waals surface area contributed by atoms with Crippen LogP contribution in [0.2, 0.25) is 0 Å². The van der Waals surface area contributed by atoms with E-state index in [-0.39, 0.29) is 12.5 Å². The van der Waals surface area contributed by atoms with Crippen molar-refractivity contribution in [1.29, 1.82) is 0 Å². The van der Waals surface area contributed by atoms with E-state index in [4.69, 9.17) is 5.73 Å². The lowest BCUT2D eigenvalue weighted by atomic mass is 9.99. The Hall–Kier alpha value is -2.98. The lowest BCUT2D eigenvalue weighted by molar-refractivity contribution is -0.122. The van der Waals surface area contributed by atoms with E-state index in [1.807, 2.05) is 12.1 Å². The normalized spacial score (nSPS) is 20.6. The Morgan fingerprint density at radius 2 is 2.11 bits per heavy atom. The van der Waals surface area contributed by atoms with Gasteiger partial charge in [-0.3, -0.25) is 19.8 Å². The van der Waals surface area contributed by atoms with E-state index < -0.39 is 24.0 Å².